The van der Waals surface area contributed by atoms with E-state index in [2.05, 4.69) is 133 Å². The molecule has 0 aliphatic heterocycles. The topological polar surface area (TPSA) is 90.2 Å². The Bertz CT molecular complexity index is 3480. The van der Waals surface area contributed by atoms with Crippen LogP contribution < -0.4 is 0 Å². The quantitative estimate of drug-likeness (QED) is 0.135. The molecule has 0 saturated heterocycles. The summed E-state index contributed by atoms with van der Waals surface area (Å²) in [7, 11) is 0. The standard InChI is InChI=1S/C61H43N7/c1-40-34-41(2)63-61(62-40)52-37-50(48-26-17-27-49(35-48)60-67-58(45-22-11-5-12-23-45)66-59(68-60)46-24-13-6-14-25-46)36-51(38-52)53-28-15-16-29-54(53)56-39-55(44-20-9-4-10-21-44)64-57(65-56)47-32-30-43(31-33-47)42-18-7-3-8-19-42/h3-39H,1-2H3. The van der Waals surface area contributed by atoms with Gasteiger partial charge in [0.2, 0.25) is 0 Å². The monoisotopic (exact) mass is 873 g/mol. The summed E-state index contributed by atoms with van der Waals surface area (Å²) in [5.41, 5.74) is 16.3. The highest BCUT2D eigenvalue weighted by molar-refractivity contribution is 5.89. The fourth-order valence-corrected chi connectivity index (χ4v) is 8.58. The van der Waals surface area contributed by atoms with Gasteiger partial charge in [-0.05, 0) is 83.6 Å². The number of aryl methyl sites for hydroxylation is 2. The van der Waals surface area contributed by atoms with Crippen LogP contribution in [0.1, 0.15) is 11.4 Å². The van der Waals surface area contributed by atoms with Gasteiger partial charge in [-0.25, -0.2) is 34.9 Å². The number of hydrogen-bond donors (Lipinski definition) is 0. The predicted molar refractivity (Wildman–Crippen MR) is 275 cm³/mol. The van der Waals surface area contributed by atoms with Crippen molar-refractivity contribution in [3.05, 3.63) is 236 Å². The van der Waals surface area contributed by atoms with E-state index in [9.17, 15) is 0 Å². The first kappa shape index (κ1) is 41.6. The summed E-state index contributed by atoms with van der Waals surface area (Å²) in [4.78, 5) is 35.4. The summed E-state index contributed by atoms with van der Waals surface area (Å²) in [6, 6.07) is 76.9. The van der Waals surface area contributed by atoms with Crippen LogP contribution in [-0.4, -0.2) is 34.9 Å². The van der Waals surface area contributed by atoms with Gasteiger partial charge in [-0.2, -0.15) is 0 Å². The Morgan fingerprint density at radius 1 is 0.206 bits per heavy atom. The minimum Gasteiger partial charge on any atom is -0.233 e. The van der Waals surface area contributed by atoms with Crippen LogP contribution in [0.2, 0.25) is 0 Å². The van der Waals surface area contributed by atoms with Crippen molar-refractivity contribution >= 4 is 0 Å². The van der Waals surface area contributed by atoms with Gasteiger partial charge in [0, 0.05) is 50.3 Å². The molecule has 0 spiro atoms. The van der Waals surface area contributed by atoms with Crippen molar-refractivity contribution < 1.29 is 0 Å². The van der Waals surface area contributed by atoms with E-state index in [1.54, 1.807) is 0 Å². The molecule has 11 rings (SSSR count). The minimum atomic E-state index is 0.586. The average Bonchev–Trinajstić information content (AvgIpc) is 3.41. The Morgan fingerprint density at radius 2 is 0.588 bits per heavy atom. The van der Waals surface area contributed by atoms with Gasteiger partial charge in [-0.3, -0.25) is 0 Å². The summed E-state index contributed by atoms with van der Waals surface area (Å²) in [6.07, 6.45) is 0. The molecule has 0 N–H and O–H groups in total. The molecule has 0 aliphatic carbocycles. The maximum atomic E-state index is 5.32. The number of benzene rings is 8. The van der Waals surface area contributed by atoms with E-state index in [1.807, 2.05) is 105 Å². The van der Waals surface area contributed by atoms with Gasteiger partial charge >= 0.3 is 0 Å². The Morgan fingerprint density at radius 3 is 1.21 bits per heavy atom. The largest absolute Gasteiger partial charge is 0.233 e. The zero-order chi connectivity index (χ0) is 45.8. The van der Waals surface area contributed by atoms with Crippen molar-refractivity contribution in [1.82, 2.24) is 34.9 Å². The van der Waals surface area contributed by atoms with Gasteiger partial charge in [-0.1, -0.05) is 188 Å². The van der Waals surface area contributed by atoms with Crippen LogP contribution in [0.3, 0.4) is 0 Å². The van der Waals surface area contributed by atoms with Crippen molar-refractivity contribution in [1.29, 1.82) is 0 Å². The minimum absolute atomic E-state index is 0.586. The Hall–Kier alpha value is -9.07. The molecule has 3 aromatic heterocycles. The van der Waals surface area contributed by atoms with Gasteiger partial charge in [0.1, 0.15) is 0 Å². The normalized spacial score (nSPS) is 11.1. The van der Waals surface area contributed by atoms with E-state index in [1.165, 1.54) is 0 Å². The molecule has 0 radical (unpaired) electrons. The Kier molecular flexibility index (Phi) is 11.3. The van der Waals surface area contributed by atoms with Crippen molar-refractivity contribution in [2.45, 2.75) is 13.8 Å². The van der Waals surface area contributed by atoms with Crippen LogP contribution in [0.15, 0.2) is 224 Å². The number of hydrogen-bond acceptors (Lipinski definition) is 7. The third-order valence-electron chi connectivity index (χ3n) is 11.9. The molecule has 8 aromatic carbocycles. The maximum Gasteiger partial charge on any atom is 0.164 e. The van der Waals surface area contributed by atoms with Crippen molar-refractivity contribution in [3.8, 4) is 113 Å². The maximum absolute atomic E-state index is 5.32. The SMILES string of the molecule is Cc1cc(C)nc(-c2cc(-c3cccc(-c4nc(-c5ccccc5)nc(-c5ccccc5)n4)c3)cc(-c3ccccc3-c3cc(-c4ccccc4)nc(-c4ccc(-c5ccccc5)cc4)n3)c2)n1. The molecular formula is C61H43N7. The van der Waals surface area contributed by atoms with E-state index in [4.69, 9.17) is 34.9 Å². The molecule has 11 aromatic rings. The number of rotatable bonds is 10. The molecule has 0 fully saturated rings. The molecule has 0 aliphatic rings. The van der Waals surface area contributed by atoms with E-state index in [0.717, 1.165) is 95.1 Å². The van der Waals surface area contributed by atoms with Crippen molar-refractivity contribution in [3.63, 3.8) is 0 Å². The lowest BCUT2D eigenvalue weighted by molar-refractivity contribution is 1.06. The molecule has 68 heavy (non-hydrogen) atoms. The predicted octanol–water partition coefficient (Wildman–Crippen LogP) is 14.7. The molecule has 322 valence electrons. The second-order valence-corrected chi connectivity index (χ2v) is 16.7. The van der Waals surface area contributed by atoms with E-state index in [0.29, 0.717) is 29.1 Å². The molecule has 0 unspecified atom stereocenters. The van der Waals surface area contributed by atoms with E-state index in [-0.39, 0.29) is 0 Å². The van der Waals surface area contributed by atoms with Crippen LogP contribution >= 0.6 is 0 Å². The summed E-state index contributed by atoms with van der Waals surface area (Å²) >= 11 is 0. The number of nitrogens with zero attached hydrogens (tertiary/aromatic N) is 7. The highest BCUT2D eigenvalue weighted by atomic mass is 15.0. The zero-order valence-electron chi connectivity index (χ0n) is 37.5. The third-order valence-corrected chi connectivity index (χ3v) is 11.9. The van der Waals surface area contributed by atoms with Crippen LogP contribution in [0.4, 0.5) is 0 Å². The first-order valence-corrected chi connectivity index (χ1v) is 22.6. The lowest BCUT2D eigenvalue weighted by atomic mass is 9.91. The average molecular weight is 874 g/mol. The summed E-state index contributed by atoms with van der Waals surface area (Å²) in [5, 5.41) is 0. The Balaban J connectivity index is 1.06. The smallest absolute Gasteiger partial charge is 0.164 e. The summed E-state index contributed by atoms with van der Waals surface area (Å²) in [6.45, 7) is 4.02. The summed E-state index contributed by atoms with van der Waals surface area (Å²) < 4.78 is 0. The van der Waals surface area contributed by atoms with E-state index >= 15 is 0 Å². The molecular weight excluding hydrogens is 831 g/mol. The molecule has 0 atom stereocenters. The molecule has 0 saturated carbocycles. The van der Waals surface area contributed by atoms with E-state index < -0.39 is 0 Å². The second-order valence-electron chi connectivity index (χ2n) is 16.7. The number of aromatic nitrogens is 7. The summed E-state index contributed by atoms with van der Waals surface area (Å²) in [5.74, 6) is 3.11. The molecule has 7 heteroatoms. The molecule has 3 heterocycles. The molecule has 0 bridgehead atoms. The van der Waals surface area contributed by atoms with Gasteiger partial charge in [0.05, 0.1) is 11.4 Å². The van der Waals surface area contributed by atoms with Gasteiger partial charge in [0.15, 0.2) is 29.1 Å². The highest BCUT2D eigenvalue weighted by Crippen LogP contribution is 2.39. The first-order valence-electron chi connectivity index (χ1n) is 22.6. The molecule has 0 amide bonds. The third kappa shape index (κ3) is 8.84. The highest BCUT2D eigenvalue weighted by Gasteiger charge is 2.18. The van der Waals surface area contributed by atoms with Gasteiger partial charge in [-0.15, -0.1) is 0 Å². The van der Waals surface area contributed by atoms with Crippen LogP contribution in [0.5, 0.6) is 0 Å². The zero-order valence-corrected chi connectivity index (χ0v) is 37.5. The van der Waals surface area contributed by atoms with Gasteiger partial charge < -0.3 is 0 Å². The Labute approximate surface area is 395 Å². The van der Waals surface area contributed by atoms with Crippen LogP contribution in [-0.2, 0) is 0 Å². The van der Waals surface area contributed by atoms with Gasteiger partial charge in [0.25, 0.3) is 0 Å². The molecule has 7 nitrogen and oxygen atoms in total. The fourth-order valence-electron chi connectivity index (χ4n) is 8.58. The van der Waals surface area contributed by atoms with Crippen LogP contribution in [0.25, 0.3) is 113 Å². The van der Waals surface area contributed by atoms with Crippen LogP contribution in [0, 0.1) is 13.8 Å². The van der Waals surface area contributed by atoms with Crippen molar-refractivity contribution in [2.75, 3.05) is 0 Å². The first-order chi connectivity index (χ1) is 33.5. The lowest BCUT2D eigenvalue weighted by Crippen LogP contribution is -2.00. The van der Waals surface area contributed by atoms with Crippen molar-refractivity contribution in [2.24, 2.45) is 0 Å². The fraction of sp³-hybridized carbons (Fsp3) is 0.0328. The lowest BCUT2D eigenvalue weighted by Gasteiger charge is -2.16. The second kappa shape index (κ2) is 18.4.